The first-order valence-corrected chi connectivity index (χ1v) is 10.2. The van der Waals surface area contributed by atoms with Crippen LogP contribution in [0.15, 0.2) is 58.3 Å². The van der Waals surface area contributed by atoms with Gasteiger partial charge in [0.2, 0.25) is 0 Å². The average molecular weight is 331 g/mol. The molecule has 0 saturated carbocycles. The van der Waals surface area contributed by atoms with Crippen LogP contribution in [-0.2, 0) is 12.8 Å². The smallest absolute Gasteiger partial charge is 0.0218 e. The molecule has 0 saturated heterocycles. The maximum Gasteiger partial charge on any atom is 0.0218 e. The lowest BCUT2D eigenvalue weighted by atomic mass is 10.0. The highest BCUT2D eigenvalue weighted by atomic mass is 33.1. The summed E-state index contributed by atoms with van der Waals surface area (Å²) in [7, 11) is 3.80. The van der Waals surface area contributed by atoms with E-state index < -0.39 is 0 Å². The zero-order valence-corrected chi connectivity index (χ0v) is 15.6. The van der Waals surface area contributed by atoms with E-state index in [1.165, 1.54) is 20.9 Å². The quantitative estimate of drug-likeness (QED) is 0.507. The van der Waals surface area contributed by atoms with Crippen LogP contribution in [0, 0.1) is 11.8 Å². The minimum Gasteiger partial charge on any atom is -0.0625 e. The number of benzene rings is 2. The molecule has 0 bridgehead atoms. The van der Waals surface area contributed by atoms with Gasteiger partial charge in [0.15, 0.2) is 0 Å². The molecule has 0 aromatic heterocycles. The summed E-state index contributed by atoms with van der Waals surface area (Å²) in [5.74, 6) is 1.39. The summed E-state index contributed by atoms with van der Waals surface area (Å²) in [6.45, 7) is 9.14. The molecule has 0 aliphatic carbocycles. The summed E-state index contributed by atoms with van der Waals surface area (Å²) in [4.78, 5) is 2.81. The van der Waals surface area contributed by atoms with Gasteiger partial charge in [0.1, 0.15) is 0 Å². The Bertz CT molecular complexity index is 534. The Morgan fingerprint density at radius 3 is 1.36 bits per heavy atom. The van der Waals surface area contributed by atoms with E-state index in [1.54, 1.807) is 0 Å². The lowest BCUT2D eigenvalue weighted by Gasteiger charge is -2.13. The third-order valence-corrected chi connectivity index (χ3v) is 5.99. The third kappa shape index (κ3) is 5.40. The van der Waals surface area contributed by atoms with E-state index in [1.807, 2.05) is 21.6 Å². The van der Waals surface area contributed by atoms with Gasteiger partial charge in [-0.2, -0.15) is 0 Å². The molecule has 2 aromatic rings. The highest BCUT2D eigenvalue weighted by Crippen LogP contribution is 2.41. The van der Waals surface area contributed by atoms with Gasteiger partial charge in [-0.15, -0.1) is 0 Å². The van der Waals surface area contributed by atoms with Crippen LogP contribution in [0.3, 0.4) is 0 Å². The van der Waals surface area contributed by atoms with Crippen molar-refractivity contribution in [3.63, 3.8) is 0 Å². The molecule has 2 heteroatoms. The zero-order chi connectivity index (χ0) is 15.9. The van der Waals surface area contributed by atoms with Crippen molar-refractivity contribution < 1.29 is 0 Å². The van der Waals surface area contributed by atoms with Crippen LogP contribution in [0.25, 0.3) is 0 Å². The van der Waals surface area contributed by atoms with Gasteiger partial charge >= 0.3 is 0 Å². The minimum absolute atomic E-state index is 0.694. The Kier molecular flexibility index (Phi) is 6.91. The van der Waals surface area contributed by atoms with Crippen LogP contribution in [0.1, 0.15) is 38.8 Å². The Morgan fingerprint density at radius 2 is 1.00 bits per heavy atom. The Morgan fingerprint density at radius 1 is 0.636 bits per heavy atom. The van der Waals surface area contributed by atoms with Gasteiger partial charge < -0.3 is 0 Å². The van der Waals surface area contributed by atoms with Gasteiger partial charge in [0, 0.05) is 9.79 Å². The fourth-order valence-electron chi connectivity index (χ4n) is 2.48. The van der Waals surface area contributed by atoms with Crippen molar-refractivity contribution in [2.45, 2.75) is 50.3 Å². The molecule has 0 aliphatic rings. The van der Waals surface area contributed by atoms with E-state index in [0.29, 0.717) is 11.8 Å². The molecular weight excluding hydrogens is 304 g/mol. The van der Waals surface area contributed by atoms with Gasteiger partial charge in [-0.3, -0.25) is 0 Å². The topological polar surface area (TPSA) is 0 Å². The normalized spacial score (nSPS) is 11.4. The minimum atomic E-state index is 0.694. The molecule has 0 radical (unpaired) electrons. The van der Waals surface area contributed by atoms with Crippen molar-refractivity contribution in [2.75, 3.05) is 0 Å². The SMILES string of the molecule is CC(C)Cc1ccccc1SSc1ccccc1CC(C)C. The molecule has 0 atom stereocenters. The third-order valence-electron chi connectivity index (χ3n) is 3.42. The average Bonchev–Trinajstić information content (AvgIpc) is 2.46. The van der Waals surface area contributed by atoms with E-state index in [4.69, 9.17) is 0 Å². The maximum absolute atomic E-state index is 2.28. The monoisotopic (exact) mass is 330 g/mol. The highest BCUT2D eigenvalue weighted by Gasteiger charge is 2.09. The van der Waals surface area contributed by atoms with E-state index in [-0.39, 0.29) is 0 Å². The lowest BCUT2D eigenvalue weighted by Crippen LogP contribution is -1.96. The Hall–Kier alpha value is -0.860. The van der Waals surface area contributed by atoms with Crippen molar-refractivity contribution in [3.05, 3.63) is 59.7 Å². The predicted molar refractivity (Wildman–Crippen MR) is 102 cm³/mol. The Labute approximate surface area is 143 Å². The molecule has 0 aliphatic heterocycles. The first-order chi connectivity index (χ1) is 10.6. The van der Waals surface area contributed by atoms with E-state index in [2.05, 4.69) is 76.2 Å². The summed E-state index contributed by atoms with van der Waals surface area (Å²) in [6.07, 6.45) is 2.30. The molecule has 22 heavy (non-hydrogen) atoms. The van der Waals surface area contributed by atoms with Crippen LogP contribution in [0.2, 0.25) is 0 Å². The number of hydrogen-bond acceptors (Lipinski definition) is 2. The summed E-state index contributed by atoms with van der Waals surface area (Å²) in [6, 6.07) is 17.6. The second kappa shape index (κ2) is 8.69. The lowest BCUT2D eigenvalue weighted by molar-refractivity contribution is 0.640. The van der Waals surface area contributed by atoms with Crippen LogP contribution in [0.5, 0.6) is 0 Å². The molecular formula is C20H26S2. The fraction of sp³-hybridized carbons (Fsp3) is 0.400. The number of rotatable bonds is 7. The van der Waals surface area contributed by atoms with E-state index in [9.17, 15) is 0 Å². The largest absolute Gasteiger partial charge is 0.0625 e. The molecule has 0 unspecified atom stereocenters. The first kappa shape index (κ1) is 17.5. The molecule has 2 rings (SSSR count). The van der Waals surface area contributed by atoms with Gasteiger partial charge in [0.25, 0.3) is 0 Å². The molecule has 0 spiro atoms. The van der Waals surface area contributed by atoms with Crippen molar-refractivity contribution in [2.24, 2.45) is 11.8 Å². The van der Waals surface area contributed by atoms with Gasteiger partial charge in [-0.25, -0.2) is 0 Å². The molecule has 0 amide bonds. The summed E-state index contributed by atoms with van der Waals surface area (Å²) >= 11 is 0. The molecule has 0 fully saturated rings. The summed E-state index contributed by atoms with van der Waals surface area (Å²) in [5.41, 5.74) is 2.94. The summed E-state index contributed by atoms with van der Waals surface area (Å²) < 4.78 is 0. The predicted octanol–water partition coefficient (Wildman–Crippen LogP) is 6.88. The number of hydrogen-bond donors (Lipinski definition) is 0. The van der Waals surface area contributed by atoms with Crippen LogP contribution in [-0.4, -0.2) is 0 Å². The molecule has 0 heterocycles. The van der Waals surface area contributed by atoms with Crippen molar-refractivity contribution in [3.8, 4) is 0 Å². The standard InChI is InChI=1S/C20H26S2/c1-15(2)13-17-9-5-7-11-19(17)21-22-20-12-8-6-10-18(20)14-16(3)4/h5-12,15-16H,13-14H2,1-4H3. The van der Waals surface area contributed by atoms with Crippen molar-refractivity contribution in [1.29, 1.82) is 0 Å². The maximum atomic E-state index is 2.28. The van der Waals surface area contributed by atoms with Gasteiger partial charge in [0.05, 0.1) is 0 Å². The van der Waals surface area contributed by atoms with E-state index >= 15 is 0 Å². The summed E-state index contributed by atoms with van der Waals surface area (Å²) in [5, 5.41) is 0. The Balaban J connectivity index is 2.10. The first-order valence-electron chi connectivity index (χ1n) is 8.06. The highest BCUT2D eigenvalue weighted by molar-refractivity contribution is 8.76. The fourth-order valence-corrected chi connectivity index (χ4v) is 4.96. The van der Waals surface area contributed by atoms with Gasteiger partial charge in [-0.1, -0.05) is 85.7 Å². The van der Waals surface area contributed by atoms with Crippen LogP contribution >= 0.6 is 21.6 Å². The second-order valence-electron chi connectivity index (χ2n) is 6.58. The zero-order valence-electron chi connectivity index (χ0n) is 14.0. The van der Waals surface area contributed by atoms with Crippen LogP contribution in [0.4, 0.5) is 0 Å². The van der Waals surface area contributed by atoms with Crippen LogP contribution < -0.4 is 0 Å². The van der Waals surface area contributed by atoms with Gasteiger partial charge in [-0.05, 0) is 47.9 Å². The second-order valence-corrected chi connectivity index (χ2v) is 8.79. The molecule has 118 valence electrons. The molecule has 0 nitrogen and oxygen atoms in total. The molecule has 2 aromatic carbocycles. The molecule has 0 N–H and O–H groups in total. The van der Waals surface area contributed by atoms with E-state index in [0.717, 1.165) is 12.8 Å². The van der Waals surface area contributed by atoms with Crippen molar-refractivity contribution in [1.82, 2.24) is 0 Å². The van der Waals surface area contributed by atoms with Crippen molar-refractivity contribution >= 4 is 21.6 Å².